The third-order valence-corrected chi connectivity index (χ3v) is 4.20. The summed E-state index contributed by atoms with van der Waals surface area (Å²) in [5.41, 5.74) is 9.55. The van der Waals surface area contributed by atoms with Crippen molar-refractivity contribution >= 4 is 29.3 Å². The van der Waals surface area contributed by atoms with Crippen molar-refractivity contribution in [3.8, 4) is 0 Å². The van der Waals surface area contributed by atoms with Gasteiger partial charge in [-0.15, -0.1) is 12.4 Å². The monoisotopic (exact) mass is 374 g/mol. The van der Waals surface area contributed by atoms with Gasteiger partial charge in [-0.1, -0.05) is 36.4 Å². The minimum Gasteiger partial charge on any atom is -0.354 e. The maximum absolute atomic E-state index is 12.0. The molecule has 1 atom stereocenters. The molecule has 1 heterocycles. The molecule has 2 aromatic carbocycles. The number of carbonyl (C=O) groups excluding carboxylic acids is 1. The molecule has 1 amide bonds. The highest BCUT2D eigenvalue weighted by Crippen LogP contribution is 2.13. The van der Waals surface area contributed by atoms with Crippen molar-refractivity contribution in [3.05, 3.63) is 70.1 Å². The molecule has 26 heavy (non-hydrogen) atoms. The van der Waals surface area contributed by atoms with E-state index < -0.39 is 0 Å². The molecule has 0 aliphatic heterocycles. The number of aryl methyl sites for hydroxylation is 1. The average Bonchev–Trinajstić information content (AvgIpc) is 2.99. The van der Waals surface area contributed by atoms with Crippen LogP contribution in [0, 0.1) is 0 Å². The zero-order valence-electron chi connectivity index (χ0n) is 14.3. The van der Waals surface area contributed by atoms with Crippen LogP contribution in [0.2, 0.25) is 0 Å². The van der Waals surface area contributed by atoms with Crippen LogP contribution < -0.4 is 16.7 Å². The van der Waals surface area contributed by atoms with Gasteiger partial charge in [-0.3, -0.25) is 4.79 Å². The van der Waals surface area contributed by atoms with E-state index in [1.807, 2.05) is 48.5 Å². The number of imidazole rings is 1. The van der Waals surface area contributed by atoms with Crippen LogP contribution >= 0.6 is 12.4 Å². The van der Waals surface area contributed by atoms with Gasteiger partial charge in [-0.2, -0.15) is 0 Å². The summed E-state index contributed by atoms with van der Waals surface area (Å²) in [5, 5.41) is 2.88. The second-order valence-electron chi connectivity index (χ2n) is 6.13. The molecule has 0 bridgehead atoms. The second kappa shape index (κ2) is 9.22. The summed E-state index contributed by atoms with van der Waals surface area (Å²) in [4.78, 5) is 28.7. The highest BCUT2D eigenvalue weighted by Gasteiger charge is 2.08. The van der Waals surface area contributed by atoms with Crippen molar-refractivity contribution in [2.45, 2.75) is 25.3 Å². The number of halogens is 1. The molecule has 0 aliphatic rings. The smallest absolute Gasteiger partial charge is 0.323 e. The van der Waals surface area contributed by atoms with Crippen molar-refractivity contribution in [2.24, 2.45) is 5.73 Å². The van der Waals surface area contributed by atoms with Crippen molar-refractivity contribution in [2.75, 3.05) is 6.54 Å². The minimum atomic E-state index is -0.207. The van der Waals surface area contributed by atoms with Crippen LogP contribution in [-0.4, -0.2) is 22.4 Å². The Balaban J connectivity index is 0.00000243. The predicted octanol–water partition coefficient (Wildman–Crippen LogP) is 2.42. The molecule has 0 radical (unpaired) electrons. The predicted molar refractivity (Wildman–Crippen MR) is 105 cm³/mol. The van der Waals surface area contributed by atoms with Crippen LogP contribution in [0.25, 0.3) is 11.0 Å². The lowest BCUT2D eigenvalue weighted by Crippen LogP contribution is -2.31. The van der Waals surface area contributed by atoms with E-state index in [-0.39, 0.29) is 30.0 Å². The Morgan fingerprint density at radius 3 is 2.58 bits per heavy atom. The standard InChI is InChI=1S/C19H22N4O2.ClH/c20-15(14-6-2-1-3-7-14)12-21-18(24)8-4-5-13-9-10-16-17(11-13)23-19(25)22-16;/h1-3,6-7,9-11,15H,4-5,8,12,20H2,(H,21,24)(H2,22,23,25);1H. The zero-order valence-corrected chi connectivity index (χ0v) is 15.1. The largest absolute Gasteiger partial charge is 0.354 e. The number of hydrogen-bond acceptors (Lipinski definition) is 3. The van der Waals surface area contributed by atoms with Crippen LogP contribution in [0.5, 0.6) is 0 Å². The molecule has 0 aliphatic carbocycles. The van der Waals surface area contributed by atoms with Crippen molar-refractivity contribution in [3.63, 3.8) is 0 Å². The fourth-order valence-corrected chi connectivity index (χ4v) is 2.82. The molecular formula is C19H23ClN4O2. The molecule has 0 spiro atoms. The van der Waals surface area contributed by atoms with Crippen LogP contribution in [-0.2, 0) is 11.2 Å². The number of carbonyl (C=O) groups is 1. The van der Waals surface area contributed by atoms with Crippen molar-refractivity contribution < 1.29 is 4.79 Å². The second-order valence-corrected chi connectivity index (χ2v) is 6.13. The van der Waals surface area contributed by atoms with E-state index in [0.29, 0.717) is 13.0 Å². The lowest BCUT2D eigenvalue weighted by Gasteiger charge is -2.13. The molecule has 3 rings (SSSR count). The number of hydrogen-bond donors (Lipinski definition) is 4. The fourth-order valence-electron chi connectivity index (χ4n) is 2.82. The summed E-state index contributed by atoms with van der Waals surface area (Å²) in [7, 11) is 0. The molecule has 7 heteroatoms. The Hall–Kier alpha value is -2.57. The summed E-state index contributed by atoms with van der Waals surface area (Å²) in [6.07, 6.45) is 1.97. The molecular weight excluding hydrogens is 352 g/mol. The summed E-state index contributed by atoms with van der Waals surface area (Å²) in [5.74, 6) is 0.00232. The maximum Gasteiger partial charge on any atom is 0.323 e. The Morgan fingerprint density at radius 1 is 1.08 bits per heavy atom. The van der Waals surface area contributed by atoms with E-state index in [9.17, 15) is 9.59 Å². The Morgan fingerprint density at radius 2 is 1.81 bits per heavy atom. The van der Waals surface area contributed by atoms with Gasteiger partial charge >= 0.3 is 5.69 Å². The third-order valence-electron chi connectivity index (χ3n) is 4.20. The first kappa shape index (κ1) is 19.8. The molecule has 1 unspecified atom stereocenters. The lowest BCUT2D eigenvalue weighted by molar-refractivity contribution is -0.121. The lowest BCUT2D eigenvalue weighted by atomic mass is 10.1. The van der Waals surface area contributed by atoms with Gasteiger partial charge in [0.2, 0.25) is 5.91 Å². The van der Waals surface area contributed by atoms with Crippen LogP contribution in [0.15, 0.2) is 53.3 Å². The third kappa shape index (κ3) is 5.21. The number of benzene rings is 2. The first-order chi connectivity index (χ1) is 12.1. The molecule has 6 nitrogen and oxygen atoms in total. The number of aromatic amines is 2. The summed E-state index contributed by atoms with van der Waals surface area (Å²) < 4.78 is 0. The number of aromatic nitrogens is 2. The van der Waals surface area contributed by atoms with Gasteiger partial charge in [0.1, 0.15) is 0 Å². The fraction of sp³-hybridized carbons (Fsp3) is 0.263. The molecule has 0 saturated carbocycles. The summed E-state index contributed by atoms with van der Waals surface area (Å²) in [6, 6.07) is 15.3. The highest BCUT2D eigenvalue weighted by atomic mass is 35.5. The quantitative estimate of drug-likeness (QED) is 0.510. The van der Waals surface area contributed by atoms with Gasteiger partial charge in [0.05, 0.1) is 11.0 Å². The number of H-pyrrole nitrogens is 2. The molecule has 0 saturated heterocycles. The molecule has 138 valence electrons. The highest BCUT2D eigenvalue weighted by molar-refractivity contribution is 5.85. The van der Waals surface area contributed by atoms with Gasteiger partial charge in [0, 0.05) is 19.0 Å². The number of fused-ring (bicyclic) bond motifs is 1. The maximum atomic E-state index is 12.0. The van der Waals surface area contributed by atoms with E-state index in [0.717, 1.165) is 35.0 Å². The molecule has 5 N–H and O–H groups in total. The SMILES string of the molecule is Cl.NC(CNC(=O)CCCc1ccc2[nH]c(=O)[nH]c2c1)c1ccccc1. The van der Waals surface area contributed by atoms with E-state index in [4.69, 9.17) is 5.73 Å². The van der Waals surface area contributed by atoms with Crippen LogP contribution in [0.1, 0.15) is 30.0 Å². The minimum absolute atomic E-state index is 0. The van der Waals surface area contributed by atoms with Gasteiger partial charge in [0.15, 0.2) is 0 Å². The summed E-state index contributed by atoms with van der Waals surface area (Å²) in [6.45, 7) is 0.430. The van der Waals surface area contributed by atoms with E-state index in [1.165, 1.54) is 0 Å². The van der Waals surface area contributed by atoms with Crippen LogP contribution in [0.3, 0.4) is 0 Å². The number of nitrogens with two attached hydrogens (primary N) is 1. The van der Waals surface area contributed by atoms with E-state index >= 15 is 0 Å². The number of amides is 1. The topological polar surface area (TPSA) is 104 Å². The molecule has 3 aromatic rings. The first-order valence-electron chi connectivity index (χ1n) is 8.40. The van der Waals surface area contributed by atoms with Crippen LogP contribution in [0.4, 0.5) is 0 Å². The number of rotatable bonds is 7. The van der Waals surface area contributed by atoms with Crippen molar-refractivity contribution in [1.29, 1.82) is 0 Å². The molecule has 1 aromatic heterocycles. The van der Waals surface area contributed by atoms with Gasteiger partial charge < -0.3 is 21.0 Å². The normalized spacial score (nSPS) is 11.7. The van der Waals surface area contributed by atoms with Gasteiger partial charge in [-0.05, 0) is 36.1 Å². The average molecular weight is 375 g/mol. The van der Waals surface area contributed by atoms with E-state index in [2.05, 4.69) is 15.3 Å². The van der Waals surface area contributed by atoms with Gasteiger partial charge in [0.25, 0.3) is 0 Å². The van der Waals surface area contributed by atoms with Crippen molar-refractivity contribution in [1.82, 2.24) is 15.3 Å². The zero-order chi connectivity index (χ0) is 17.6. The molecule has 0 fully saturated rings. The first-order valence-corrected chi connectivity index (χ1v) is 8.40. The van der Waals surface area contributed by atoms with E-state index in [1.54, 1.807) is 0 Å². The van der Waals surface area contributed by atoms with Gasteiger partial charge in [-0.25, -0.2) is 4.79 Å². The summed E-state index contributed by atoms with van der Waals surface area (Å²) >= 11 is 0. The number of nitrogens with one attached hydrogen (secondary N) is 3. The Labute approximate surface area is 157 Å². The Bertz CT molecular complexity index is 905. The Kier molecular flexibility index (Phi) is 7.00.